The molecule has 0 aliphatic carbocycles. The highest BCUT2D eigenvalue weighted by Gasteiger charge is 2.19. The molecular formula is C5H6FNO2S2. The van der Waals surface area contributed by atoms with Crippen molar-refractivity contribution in [1.82, 2.24) is 4.98 Å². The zero-order valence-electron chi connectivity index (χ0n) is 5.96. The molecule has 0 saturated carbocycles. The Bertz CT molecular complexity index is 368. The molecule has 1 rings (SSSR count). The van der Waals surface area contributed by atoms with Gasteiger partial charge < -0.3 is 0 Å². The van der Waals surface area contributed by atoms with Crippen molar-refractivity contribution in [3.63, 3.8) is 0 Å². The molecule has 11 heavy (non-hydrogen) atoms. The molecule has 0 N–H and O–H groups in total. The Balaban J connectivity index is 3.36. The van der Waals surface area contributed by atoms with Gasteiger partial charge in [-0.2, -0.15) is 8.42 Å². The molecule has 1 heterocycles. The summed E-state index contributed by atoms with van der Waals surface area (Å²) in [6.07, 6.45) is 0. The quantitative estimate of drug-likeness (QED) is 0.637. The number of rotatable bonds is 1. The minimum absolute atomic E-state index is 0.394. The minimum atomic E-state index is -4.61. The lowest BCUT2D eigenvalue weighted by Crippen LogP contribution is -1.93. The normalized spacial score (nSPS) is 11.9. The van der Waals surface area contributed by atoms with Gasteiger partial charge in [-0.05, 0) is 13.8 Å². The maximum atomic E-state index is 12.3. The zero-order valence-corrected chi connectivity index (χ0v) is 7.59. The predicted molar refractivity (Wildman–Crippen MR) is 39.9 cm³/mol. The predicted octanol–water partition coefficient (Wildman–Crippen LogP) is 1.42. The van der Waals surface area contributed by atoms with Gasteiger partial charge in [-0.25, -0.2) is 4.98 Å². The number of thiazole rings is 1. The van der Waals surface area contributed by atoms with Crippen molar-refractivity contribution >= 4 is 21.6 Å². The van der Waals surface area contributed by atoms with Crippen LogP contribution in [0.5, 0.6) is 0 Å². The maximum absolute atomic E-state index is 12.3. The summed E-state index contributed by atoms with van der Waals surface area (Å²) in [5, 5.41) is 0.110. The molecule has 6 heteroatoms. The van der Waals surface area contributed by atoms with Gasteiger partial charge in [0.2, 0.25) is 5.03 Å². The Morgan fingerprint density at radius 2 is 2.00 bits per heavy atom. The SMILES string of the molecule is Cc1nc(S(=O)(=O)F)c(C)s1. The lowest BCUT2D eigenvalue weighted by atomic mass is 10.6. The molecule has 0 radical (unpaired) electrons. The van der Waals surface area contributed by atoms with Gasteiger partial charge in [0.05, 0.1) is 5.01 Å². The fraction of sp³-hybridized carbons (Fsp3) is 0.400. The monoisotopic (exact) mass is 195 g/mol. The number of hydrogen-bond acceptors (Lipinski definition) is 4. The number of aromatic nitrogens is 1. The van der Waals surface area contributed by atoms with E-state index in [-0.39, 0.29) is 0 Å². The second-order valence-electron chi connectivity index (χ2n) is 2.03. The van der Waals surface area contributed by atoms with Gasteiger partial charge >= 0.3 is 10.2 Å². The lowest BCUT2D eigenvalue weighted by Gasteiger charge is -1.86. The molecule has 0 aromatic carbocycles. The van der Waals surface area contributed by atoms with Crippen molar-refractivity contribution in [1.29, 1.82) is 0 Å². The molecule has 1 aromatic rings. The number of hydrogen-bond donors (Lipinski definition) is 0. The summed E-state index contributed by atoms with van der Waals surface area (Å²) in [5.41, 5.74) is 0. The summed E-state index contributed by atoms with van der Waals surface area (Å²) in [7, 11) is -4.61. The zero-order chi connectivity index (χ0) is 8.65. The van der Waals surface area contributed by atoms with Crippen LogP contribution in [0.25, 0.3) is 0 Å². The Morgan fingerprint density at radius 1 is 1.45 bits per heavy atom. The average Bonchev–Trinajstić information content (AvgIpc) is 2.08. The maximum Gasteiger partial charge on any atom is 0.350 e. The van der Waals surface area contributed by atoms with Crippen molar-refractivity contribution in [2.24, 2.45) is 0 Å². The van der Waals surface area contributed by atoms with E-state index >= 15 is 0 Å². The molecule has 0 bridgehead atoms. The lowest BCUT2D eigenvalue weighted by molar-refractivity contribution is 0.547. The molecule has 0 aliphatic rings. The van der Waals surface area contributed by atoms with Gasteiger partial charge in [0.1, 0.15) is 0 Å². The van der Waals surface area contributed by atoms with E-state index in [2.05, 4.69) is 4.98 Å². The van der Waals surface area contributed by atoms with Crippen molar-refractivity contribution in [2.45, 2.75) is 18.9 Å². The molecule has 0 unspecified atom stereocenters. The third kappa shape index (κ3) is 1.75. The molecule has 0 amide bonds. The second-order valence-corrected chi connectivity index (χ2v) is 4.70. The Hall–Kier alpha value is -0.490. The molecule has 3 nitrogen and oxygen atoms in total. The minimum Gasteiger partial charge on any atom is -0.227 e. The van der Waals surface area contributed by atoms with Crippen molar-refractivity contribution < 1.29 is 12.3 Å². The van der Waals surface area contributed by atoms with Crippen LogP contribution in [0, 0.1) is 13.8 Å². The van der Waals surface area contributed by atoms with Gasteiger partial charge in [0.15, 0.2) is 0 Å². The van der Waals surface area contributed by atoms with E-state index in [1.165, 1.54) is 18.3 Å². The van der Waals surface area contributed by atoms with Crippen molar-refractivity contribution in [3.05, 3.63) is 9.88 Å². The van der Waals surface area contributed by atoms with Crippen LogP contribution in [-0.4, -0.2) is 13.4 Å². The van der Waals surface area contributed by atoms with Gasteiger partial charge in [-0.3, -0.25) is 0 Å². The molecule has 0 spiro atoms. The molecule has 0 saturated heterocycles. The number of aryl methyl sites for hydroxylation is 2. The Morgan fingerprint density at radius 3 is 2.18 bits per heavy atom. The van der Waals surface area contributed by atoms with Gasteiger partial charge in [-0.1, -0.05) is 3.89 Å². The van der Waals surface area contributed by atoms with E-state index in [1.54, 1.807) is 6.92 Å². The van der Waals surface area contributed by atoms with E-state index in [0.717, 1.165) is 0 Å². The molecule has 62 valence electrons. The van der Waals surface area contributed by atoms with Crippen molar-refractivity contribution in [3.8, 4) is 0 Å². The second kappa shape index (κ2) is 2.53. The van der Waals surface area contributed by atoms with Crippen LogP contribution in [0.15, 0.2) is 5.03 Å². The molecular weight excluding hydrogens is 189 g/mol. The molecule has 0 aliphatic heterocycles. The van der Waals surface area contributed by atoms with Crippen LogP contribution in [0.1, 0.15) is 9.88 Å². The van der Waals surface area contributed by atoms with Crippen LogP contribution < -0.4 is 0 Å². The topological polar surface area (TPSA) is 47.0 Å². The average molecular weight is 195 g/mol. The first-order chi connectivity index (χ1) is 4.91. The van der Waals surface area contributed by atoms with E-state index in [4.69, 9.17) is 0 Å². The molecule has 1 aromatic heterocycles. The van der Waals surface area contributed by atoms with Crippen molar-refractivity contribution in [2.75, 3.05) is 0 Å². The highest BCUT2D eigenvalue weighted by molar-refractivity contribution is 7.86. The third-order valence-electron chi connectivity index (χ3n) is 1.09. The summed E-state index contributed by atoms with van der Waals surface area (Å²) in [5.74, 6) is 0. The largest absolute Gasteiger partial charge is 0.350 e. The summed E-state index contributed by atoms with van der Waals surface area (Å²) in [6.45, 7) is 3.16. The Kier molecular flexibility index (Phi) is 1.98. The molecule has 0 fully saturated rings. The van der Waals surface area contributed by atoms with Crippen LogP contribution in [0.4, 0.5) is 3.89 Å². The summed E-state index contributed by atoms with van der Waals surface area (Å²) < 4.78 is 33.0. The highest BCUT2D eigenvalue weighted by Crippen LogP contribution is 2.21. The van der Waals surface area contributed by atoms with Gasteiger partial charge in [0.25, 0.3) is 0 Å². The standard InChI is InChI=1S/C5H6FNO2S2/c1-3-5(11(6,8)9)7-4(2)10-3/h1-2H3. The van der Waals surface area contributed by atoms with Crippen LogP contribution in [0.2, 0.25) is 0 Å². The smallest absolute Gasteiger partial charge is 0.227 e. The van der Waals surface area contributed by atoms with Gasteiger partial charge in [-0.15, -0.1) is 11.3 Å². The third-order valence-corrected chi connectivity index (χ3v) is 2.97. The van der Waals surface area contributed by atoms with E-state index in [0.29, 0.717) is 9.88 Å². The van der Waals surface area contributed by atoms with Crippen LogP contribution >= 0.6 is 11.3 Å². The van der Waals surface area contributed by atoms with Crippen LogP contribution in [0.3, 0.4) is 0 Å². The van der Waals surface area contributed by atoms with E-state index in [9.17, 15) is 12.3 Å². The highest BCUT2D eigenvalue weighted by atomic mass is 32.3. The van der Waals surface area contributed by atoms with E-state index in [1.807, 2.05) is 0 Å². The molecule has 0 atom stereocenters. The van der Waals surface area contributed by atoms with Gasteiger partial charge in [0, 0.05) is 4.88 Å². The number of nitrogens with zero attached hydrogens (tertiary/aromatic N) is 1. The summed E-state index contributed by atoms with van der Waals surface area (Å²) in [4.78, 5) is 3.93. The number of halogens is 1. The fourth-order valence-corrected chi connectivity index (χ4v) is 2.52. The Labute approximate surface area is 68.1 Å². The van der Waals surface area contributed by atoms with E-state index < -0.39 is 15.2 Å². The fourth-order valence-electron chi connectivity index (χ4n) is 0.736. The first-order valence-corrected chi connectivity index (χ1v) is 5.00. The summed E-state index contributed by atoms with van der Waals surface area (Å²) >= 11 is 1.17. The summed E-state index contributed by atoms with van der Waals surface area (Å²) in [6, 6.07) is 0. The first kappa shape index (κ1) is 8.61. The van der Waals surface area contributed by atoms with Crippen LogP contribution in [-0.2, 0) is 10.2 Å². The first-order valence-electron chi connectivity index (χ1n) is 2.80.